The van der Waals surface area contributed by atoms with E-state index in [4.69, 9.17) is 11.6 Å². The highest BCUT2D eigenvalue weighted by molar-refractivity contribution is 9.10. The van der Waals surface area contributed by atoms with Crippen LogP contribution in [0.3, 0.4) is 0 Å². The van der Waals surface area contributed by atoms with Gasteiger partial charge in [-0.3, -0.25) is 25.3 Å². The predicted molar refractivity (Wildman–Crippen MR) is 72.2 cm³/mol. The molecule has 0 aliphatic rings. The first-order chi connectivity index (χ1) is 8.95. The molecule has 0 saturated heterocycles. The molecule has 0 atom stereocenters. The van der Waals surface area contributed by atoms with Crippen molar-refractivity contribution in [2.45, 2.75) is 0 Å². The van der Waals surface area contributed by atoms with Crippen LogP contribution in [0.1, 0.15) is 10.4 Å². The number of nitrogens with one attached hydrogen (secondary N) is 1. The molecule has 1 aromatic heterocycles. The van der Waals surface area contributed by atoms with Gasteiger partial charge in [0.05, 0.1) is 26.2 Å². The maximum absolute atomic E-state index is 11.5. The van der Waals surface area contributed by atoms with E-state index >= 15 is 0 Å². The number of benzene rings is 1. The molecular weight excluding hydrogens is 318 g/mol. The Hall–Kier alpha value is -2.26. The van der Waals surface area contributed by atoms with Crippen molar-refractivity contribution in [2.24, 2.45) is 5.84 Å². The van der Waals surface area contributed by atoms with Crippen LogP contribution in [0.5, 0.6) is 0 Å². The number of anilines is 1. The number of hydrogen-bond acceptors (Lipinski definition) is 6. The molecule has 0 unspecified atom stereocenters. The third-order valence-electron chi connectivity index (χ3n) is 2.54. The third-order valence-corrected chi connectivity index (χ3v) is 3.14. The fraction of sp³-hybridized carbons (Fsp3) is 0. The molecule has 0 fully saturated rings. The lowest BCUT2D eigenvalue weighted by atomic mass is 10.1. The minimum absolute atomic E-state index is 0.0578. The first-order valence-electron chi connectivity index (χ1n) is 4.98. The Labute approximate surface area is 115 Å². The Kier molecular flexibility index (Phi) is 3.32. The van der Waals surface area contributed by atoms with Gasteiger partial charge in [-0.05, 0) is 15.9 Å². The summed E-state index contributed by atoms with van der Waals surface area (Å²) in [5.74, 6) is 4.41. The average Bonchev–Trinajstić information content (AvgIpc) is 2.38. The van der Waals surface area contributed by atoms with Gasteiger partial charge in [-0.2, -0.15) is 0 Å². The number of nitro groups is 1. The lowest BCUT2D eigenvalue weighted by molar-refractivity contribution is -0.384. The third kappa shape index (κ3) is 2.20. The van der Waals surface area contributed by atoms with Crippen molar-refractivity contribution < 1.29 is 9.72 Å². The summed E-state index contributed by atoms with van der Waals surface area (Å²) < 4.78 is 0.420. The Morgan fingerprint density at radius 2 is 2.16 bits per heavy atom. The van der Waals surface area contributed by atoms with Gasteiger partial charge in [0.25, 0.3) is 11.6 Å². The molecule has 9 heteroatoms. The number of carbonyl (C=O) groups excluding carboxylic acids is 1. The van der Waals surface area contributed by atoms with Crippen LogP contribution in [0.2, 0.25) is 0 Å². The van der Waals surface area contributed by atoms with Crippen LogP contribution in [0.4, 0.5) is 11.4 Å². The number of aromatic nitrogens is 1. The fourth-order valence-electron chi connectivity index (χ4n) is 1.63. The molecular formula is C10H8BrN5O3. The van der Waals surface area contributed by atoms with Crippen molar-refractivity contribution >= 4 is 44.1 Å². The summed E-state index contributed by atoms with van der Waals surface area (Å²) in [4.78, 5) is 25.8. The number of nitro benzene ring substituents is 1. The van der Waals surface area contributed by atoms with Crippen LogP contribution < -0.4 is 17.0 Å². The summed E-state index contributed by atoms with van der Waals surface area (Å²) in [6, 6.07) is 2.58. The van der Waals surface area contributed by atoms with E-state index in [2.05, 4.69) is 20.9 Å². The maximum Gasteiger partial charge on any atom is 0.271 e. The summed E-state index contributed by atoms with van der Waals surface area (Å²) in [6.45, 7) is 0. The topological polar surface area (TPSA) is 137 Å². The number of fused-ring (bicyclic) bond motifs is 1. The summed E-state index contributed by atoms with van der Waals surface area (Å²) in [5.41, 5.74) is 8.18. The summed E-state index contributed by atoms with van der Waals surface area (Å²) in [5, 5.41) is 11.1. The molecule has 98 valence electrons. The van der Waals surface area contributed by atoms with Gasteiger partial charge in [-0.1, -0.05) is 0 Å². The Bertz CT molecular complexity index is 703. The number of halogens is 1. The molecule has 0 aliphatic carbocycles. The van der Waals surface area contributed by atoms with E-state index in [1.165, 1.54) is 18.3 Å². The maximum atomic E-state index is 11.5. The molecule has 0 bridgehead atoms. The molecule has 8 nitrogen and oxygen atoms in total. The number of nitrogen functional groups attached to an aromatic ring is 2. The second-order valence-electron chi connectivity index (χ2n) is 3.64. The minimum atomic E-state index is -0.616. The van der Waals surface area contributed by atoms with E-state index in [-0.39, 0.29) is 16.9 Å². The van der Waals surface area contributed by atoms with Crippen molar-refractivity contribution in [3.05, 3.63) is 38.5 Å². The first-order valence-corrected chi connectivity index (χ1v) is 5.78. The van der Waals surface area contributed by atoms with Gasteiger partial charge in [-0.25, -0.2) is 5.84 Å². The molecule has 1 amide bonds. The van der Waals surface area contributed by atoms with E-state index < -0.39 is 10.8 Å². The normalized spacial score (nSPS) is 10.4. The highest BCUT2D eigenvalue weighted by Gasteiger charge is 2.17. The Morgan fingerprint density at radius 1 is 1.47 bits per heavy atom. The van der Waals surface area contributed by atoms with Gasteiger partial charge in [0.15, 0.2) is 0 Å². The van der Waals surface area contributed by atoms with E-state index in [1.807, 2.05) is 5.43 Å². The summed E-state index contributed by atoms with van der Waals surface area (Å²) >= 11 is 3.18. The van der Waals surface area contributed by atoms with Crippen molar-refractivity contribution in [1.29, 1.82) is 0 Å². The quantitative estimate of drug-likeness (QED) is 0.327. The van der Waals surface area contributed by atoms with Crippen LogP contribution >= 0.6 is 15.9 Å². The number of non-ortho nitro benzene ring substituents is 1. The van der Waals surface area contributed by atoms with E-state index in [1.54, 1.807) is 0 Å². The predicted octanol–water partition coefficient (Wildman–Crippen LogP) is 1.09. The molecule has 19 heavy (non-hydrogen) atoms. The first kappa shape index (κ1) is 13.2. The van der Waals surface area contributed by atoms with E-state index in [0.29, 0.717) is 15.4 Å². The highest BCUT2D eigenvalue weighted by Crippen LogP contribution is 2.32. The average molecular weight is 326 g/mol. The number of hydrogen-bond donors (Lipinski definition) is 3. The van der Waals surface area contributed by atoms with Crippen molar-refractivity contribution in [3.63, 3.8) is 0 Å². The number of nitrogens with zero attached hydrogens (tertiary/aromatic N) is 2. The number of hydrazine groups is 1. The van der Waals surface area contributed by atoms with Crippen molar-refractivity contribution in [2.75, 3.05) is 5.73 Å². The van der Waals surface area contributed by atoms with Crippen LogP contribution in [-0.2, 0) is 0 Å². The number of amides is 1. The van der Waals surface area contributed by atoms with Gasteiger partial charge < -0.3 is 5.73 Å². The van der Waals surface area contributed by atoms with Gasteiger partial charge in [-0.15, -0.1) is 0 Å². The van der Waals surface area contributed by atoms with Crippen molar-refractivity contribution in [3.8, 4) is 0 Å². The van der Waals surface area contributed by atoms with Gasteiger partial charge >= 0.3 is 0 Å². The summed E-state index contributed by atoms with van der Waals surface area (Å²) in [6.07, 6.45) is 1.26. The van der Waals surface area contributed by atoms with E-state index in [9.17, 15) is 14.9 Å². The SMILES string of the molecule is NNC(=O)c1cnc2c(Br)cc([N+](=O)[O-])cc2c1N. The smallest absolute Gasteiger partial charge is 0.271 e. The standard InChI is InChI=1S/C10H8BrN5O3/c11-7-2-4(16(18)19)1-5-8(12)6(10(17)15-13)3-14-9(5)7/h1-3H,13H2,(H2,12,14)(H,15,17). The number of nitrogens with two attached hydrogens (primary N) is 2. The Morgan fingerprint density at radius 3 is 2.74 bits per heavy atom. The van der Waals surface area contributed by atoms with Crippen LogP contribution in [0.15, 0.2) is 22.8 Å². The monoisotopic (exact) mass is 325 g/mol. The fourth-order valence-corrected chi connectivity index (χ4v) is 2.18. The molecule has 2 aromatic rings. The number of carbonyl (C=O) groups is 1. The largest absolute Gasteiger partial charge is 0.397 e. The molecule has 5 N–H and O–H groups in total. The molecule has 1 aromatic carbocycles. The second-order valence-corrected chi connectivity index (χ2v) is 4.49. The zero-order valence-electron chi connectivity index (χ0n) is 9.38. The molecule has 2 rings (SSSR count). The zero-order valence-corrected chi connectivity index (χ0v) is 11.0. The van der Waals surface area contributed by atoms with E-state index in [0.717, 1.165) is 0 Å². The molecule has 0 aliphatic heterocycles. The van der Waals surface area contributed by atoms with Gasteiger partial charge in [0, 0.05) is 23.7 Å². The number of pyridine rings is 1. The minimum Gasteiger partial charge on any atom is -0.397 e. The van der Waals surface area contributed by atoms with Gasteiger partial charge in [0.1, 0.15) is 0 Å². The Balaban J connectivity index is 2.80. The molecule has 0 spiro atoms. The molecule has 1 heterocycles. The number of rotatable bonds is 2. The zero-order chi connectivity index (χ0) is 14.2. The summed E-state index contributed by atoms with van der Waals surface area (Å²) in [7, 11) is 0. The van der Waals surface area contributed by atoms with Gasteiger partial charge in [0.2, 0.25) is 0 Å². The lowest BCUT2D eigenvalue weighted by Gasteiger charge is -2.08. The van der Waals surface area contributed by atoms with Crippen LogP contribution in [0.25, 0.3) is 10.9 Å². The molecule has 0 saturated carbocycles. The lowest BCUT2D eigenvalue weighted by Crippen LogP contribution is -2.30. The molecule has 0 radical (unpaired) electrons. The van der Waals surface area contributed by atoms with Crippen LogP contribution in [-0.4, -0.2) is 15.8 Å². The highest BCUT2D eigenvalue weighted by atomic mass is 79.9. The van der Waals surface area contributed by atoms with Crippen LogP contribution in [0, 0.1) is 10.1 Å². The van der Waals surface area contributed by atoms with Crippen molar-refractivity contribution in [1.82, 2.24) is 10.4 Å². The second kappa shape index (κ2) is 4.78.